The standard InChI is InChI=1S/C11H15N5O3/c1-12-11-15-6-3-13-5-14-10(6)16(11)9-2-7(18)8(4-17)19-9/h3,5,7-9,17-18H,2,4H2,1H3,(H,12,15)/t7-,8+,9-/m1/s1. The number of imidazole rings is 1. The summed E-state index contributed by atoms with van der Waals surface area (Å²) >= 11 is 0. The van der Waals surface area contributed by atoms with Crippen molar-refractivity contribution in [3.8, 4) is 0 Å². The van der Waals surface area contributed by atoms with Crippen molar-refractivity contribution >= 4 is 17.1 Å². The molecule has 3 heterocycles. The van der Waals surface area contributed by atoms with E-state index in [1.54, 1.807) is 17.8 Å². The molecule has 1 aliphatic rings. The number of hydrogen-bond donors (Lipinski definition) is 3. The Labute approximate surface area is 109 Å². The molecule has 0 saturated carbocycles. The van der Waals surface area contributed by atoms with Gasteiger partial charge >= 0.3 is 0 Å². The minimum absolute atomic E-state index is 0.214. The molecule has 1 aliphatic heterocycles. The van der Waals surface area contributed by atoms with Gasteiger partial charge in [-0.3, -0.25) is 4.57 Å². The molecule has 102 valence electrons. The summed E-state index contributed by atoms with van der Waals surface area (Å²) in [5.41, 5.74) is 1.28. The smallest absolute Gasteiger partial charge is 0.207 e. The van der Waals surface area contributed by atoms with E-state index in [1.807, 2.05) is 0 Å². The SMILES string of the molecule is CNc1nc2cncnc2n1[C@H]1C[C@@H](O)[C@H](CO)O1. The molecule has 8 nitrogen and oxygen atoms in total. The zero-order valence-corrected chi connectivity index (χ0v) is 10.4. The lowest BCUT2D eigenvalue weighted by molar-refractivity contribution is -0.0425. The predicted octanol–water partition coefficient (Wildman–Crippen LogP) is -0.491. The average Bonchev–Trinajstić information content (AvgIpc) is 2.98. The Hall–Kier alpha value is -1.77. The first-order valence-electron chi connectivity index (χ1n) is 6.04. The van der Waals surface area contributed by atoms with Crippen LogP contribution in [-0.2, 0) is 4.74 Å². The second kappa shape index (κ2) is 4.72. The summed E-state index contributed by atoms with van der Waals surface area (Å²) in [5, 5.41) is 21.9. The zero-order chi connectivity index (χ0) is 13.4. The second-order valence-electron chi connectivity index (χ2n) is 4.40. The number of nitrogens with one attached hydrogen (secondary N) is 1. The van der Waals surface area contributed by atoms with Gasteiger partial charge in [0.1, 0.15) is 24.2 Å². The average molecular weight is 265 g/mol. The van der Waals surface area contributed by atoms with Crippen molar-refractivity contribution < 1.29 is 14.9 Å². The van der Waals surface area contributed by atoms with Gasteiger partial charge in [0, 0.05) is 13.5 Å². The number of anilines is 1. The van der Waals surface area contributed by atoms with E-state index in [1.165, 1.54) is 6.33 Å². The van der Waals surface area contributed by atoms with Gasteiger partial charge < -0.3 is 20.3 Å². The van der Waals surface area contributed by atoms with Gasteiger partial charge in [-0.05, 0) is 0 Å². The van der Waals surface area contributed by atoms with Gasteiger partial charge in [0.2, 0.25) is 5.95 Å². The largest absolute Gasteiger partial charge is 0.394 e. The molecule has 0 aromatic carbocycles. The van der Waals surface area contributed by atoms with Crippen molar-refractivity contribution in [2.24, 2.45) is 0 Å². The molecular formula is C11H15N5O3. The number of aliphatic hydroxyl groups is 2. The van der Waals surface area contributed by atoms with Gasteiger partial charge in [-0.1, -0.05) is 0 Å². The van der Waals surface area contributed by atoms with Gasteiger partial charge in [-0.25, -0.2) is 15.0 Å². The molecule has 1 saturated heterocycles. The first kappa shape index (κ1) is 12.3. The summed E-state index contributed by atoms with van der Waals surface area (Å²) in [4.78, 5) is 12.5. The maximum Gasteiger partial charge on any atom is 0.207 e. The summed E-state index contributed by atoms with van der Waals surface area (Å²) in [6.07, 6.45) is 1.77. The van der Waals surface area contributed by atoms with Crippen molar-refractivity contribution in [1.82, 2.24) is 19.5 Å². The number of aromatic nitrogens is 4. The van der Waals surface area contributed by atoms with Gasteiger partial charge in [0.05, 0.1) is 18.9 Å². The highest BCUT2D eigenvalue weighted by atomic mass is 16.5. The summed E-state index contributed by atoms with van der Waals surface area (Å²) in [5.74, 6) is 0.589. The third-order valence-electron chi connectivity index (χ3n) is 3.25. The van der Waals surface area contributed by atoms with Gasteiger partial charge in [-0.2, -0.15) is 0 Å². The lowest BCUT2D eigenvalue weighted by atomic mass is 10.2. The van der Waals surface area contributed by atoms with E-state index in [-0.39, 0.29) is 6.61 Å². The van der Waals surface area contributed by atoms with Gasteiger partial charge in [-0.15, -0.1) is 0 Å². The molecule has 0 amide bonds. The van der Waals surface area contributed by atoms with E-state index in [4.69, 9.17) is 9.84 Å². The highest BCUT2D eigenvalue weighted by Gasteiger charge is 2.36. The maximum atomic E-state index is 9.82. The number of fused-ring (bicyclic) bond motifs is 1. The van der Waals surface area contributed by atoms with Crippen LogP contribution in [0, 0.1) is 0 Å². The van der Waals surface area contributed by atoms with Crippen LogP contribution in [0.2, 0.25) is 0 Å². The lowest BCUT2D eigenvalue weighted by Gasteiger charge is -2.16. The van der Waals surface area contributed by atoms with Crippen LogP contribution in [-0.4, -0.2) is 55.6 Å². The molecule has 3 rings (SSSR count). The number of aliphatic hydroxyl groups excluding tert-OH is 2. The van der Waals surface area contributed by atoms with E-state index in [0.29, 0.717) is 23.5 Å². The minimum atomic E-state index is -0.695. The monoisotopic (exact) mass is 265 g/mol. The minimum Gasteiger partial charge on any atom is -0.394 e. The van der Waals surface area contributed by atoms with E-state index in [0.717, 1.165) is 0 Å². The Morgan fingerprint density at radius 2 is 2.42 bits per heavy atom. The molecular weight excluding hydrogens is 250 g/mol. The molecule has 3 N–H and O–H groups in total. The quantitative estimate of drug-likeness (QED) is 0.687. The number of rotatable bonds is 3. The van der Waals surface area contributed by atoms with Crippen LogP contribution in [0.15, 0.2) is 12.5 Å². The van der Waals surface area contributed by atoms with Crippen molar-refractivity contribution in [2.45, 2.75) is 24.9 Å². The fraction of sp³-hybridized carbons (Fsp3) is 0.545. The Morgan fingerprint density at radius 1 is 1.58 bits per heavy atom. The molecule has 0 bridgehead atoms. The van der Waals surface area contributed by atoms with Crippen LogP contribution in [0.5, 0.6) is 0 Å². The molecule has 0 spiro atoms. The summed E-state index contributed by atoms with van der Waals surface area (Å²) in [6.45, 7) is -0.214. The number of hydrogen-bond acceptors (Lipinski definition) is 7. The first-order chi connectivity index (χ1) is 9.24. The highest BCUT2D eigenvalue weighted by Crippen LogP contribution is 2.33. The van der Waals surface area contributed by atoms with Crippen LogP contribution in [0.4, 0.5) is 5.95 Å². The maximum absolute atomic E-state index is 9.82. The highest BCUT2D eigenvalue weighted by molar-refractivity contribution is 5.73. The Balaban J connectivity index is 2.04. The first-order valence-corrected chi connectivity index (χ1v) is 6.04. The van der Waals surface area contributed by atoms with Gasteiger partial charge in [0.25, 0.3) is 0 Å². The fourth-order valence-corrected chi connectivity index (χ4v) is 2.34. The van der Waals surface area contributed by atoms with Crippen LogP contribution in [0.3, 0.4) is 0 Å². The third-order valence-corrected chi connectivity index (χ3v) is 3.25. The van der Waals surface area contributed by atoms with Crippen LogP contribution in [0.1, 0.15) is 12.6 Å². The third kappa shape index (κ3) is 1.93. The van der Waals surface area contributed by atoms with Gasteiger partial charge in [0.15, 0.2) is 5.65 Å². The van der Waals surface area contributed by atoms with Crippen molar-refractivity contribution in [3.05, 3.63) is 12.5 Å². The summed E-state index contributed by atoms with van der Waals surface area (Å²) in [7, 11) is 1.75. The Kier molecular flexibility index (Phi) is 3.05. The predicted molar refractivity (Wildman–Crippen MR) is 66.5 cm³/mol. The zero-order valence-electron chi connectivity index (χ0n) is 10.4. The van der Waals surface area contributed by atoms with E-state index < -0.39 is 18.4 Å². The molecule has 2 aromatic heterocycles. The van der Waals surface area contributed by atoms with E-state index >= 15 is 0 Å². The summed E-state index contributed by atoms with van der Waals surface area (Å²) in [6, 6.07) is 0. The molecule has 0 aliphatic carbocycles. The molecule has 0 radical (unpaired) electrons. The number of nitrogens with zero attached hydrogens (tertiary/aromatic N) is 4. The van der Waals surface area contributed by atoms with Crippen molar-refractivity contribution in [3.63, 3.8) is 0 Å². The van der Waals surface area contributed by atoms with Crippen molar-refractivity contribution in [2.75, 3.05) is 19.0 Å². The second-order valence-corrected chi connectivity index (χ2v) is 4.40. The molecule has 0 unspecified atom stereocenters. The van der Waals surface area contributed by atoms with Crippen LogP contribution < -0.4 is 5.32 Å². The van der Waals surface area contributed by atoms with E-state index in [9.17, 15) is 5.11 Å². The molecule has 3 atom stereocenters. The fourth-order valence-electron chi connectivity index (χ4n) is 2.34. The van der Waals surface area contributed by atoms with Crippen molar-refractivity contribution in [1.29, 1.82) is 0 Å². The molecule has 8 heteroatoms. The normalized spacial score (nSPS) is 27.0. The Morgan fingerprint density at radius 3 is 3.11 bits per heavy atom. The molecule has 19 heavy (non-hydrogen) atoms. The molecule has 1 fully saturated rings. The van der Waals surface area contributed by atoms with E-state index in [2.05, 4.69) is 20.3 Å². The topological polar surface area (TPSA) is 105 Å². The lowest BCUT2D eigenvalue weighted by Crippen LogP contribution is -2.24. The van der Waals surface area contributed by atoms with Crippen LogP contribution in [0.25, 0.3) is 11.2 Å². The number of ether oxygens (including phenoxy) is 1. The summed E-state index contributed by atoms with van der Waals surface area (Å²) < 4.78 is 7.41. The molecule has 2 aromatic rings. The van der Waals surface area contributed by atoms with Crippen LogP contribution >= 0.6 is 0 Å². The Bertz CT molecular complexity index is 587.